The summed E-state index contributed by atoms with van der Waals surface area (Å²) in [5, 5.41) is 3.58. The van der Waals surface area contributed by atoms with Crippen LogP contribution in [-0.4, -0.2) is 16.2 Å². The van der Waals surface area contributed by atoms with Crippen molar-refractivity contribution in [3.63, 3.8) is 0 Å². The zero-order valence-corrected chi connectivity index (χ0v) is 10.9. The highest BCUT2D eigenvalue weighted by atomic mass is 32.2. The second-order valence-corrected chi connectivity index (χ2v) is 4.53. The van der Waals surface area contributed by atoms with Crippen LogP contribution in [0, 0.1) is 12.7 Å². The van der Waals surface area contributed by atoms with Crippen LogP contribution in [0.5, 0.6) is 0 Å². The Morgan fingerprint density at radius 2 is 2.06 bits per heavy atom. The van der Waals surface area contributed by atoms with Gasteiger partial charge in [-0.25, -0.2) is 14.4 Å². The standard InChI is InChI=1S/C12H13FN4S/c1-7-3-4-8(5-9(7)13)15-11-6-10(14)16-12(17-11)18-2/h3-6H,1-2H3,(H3,14,15,16,17). The molecule has 1 aromatic carbocycles. The van der Waals surface area contributed by atoms with Crippen molar-refractivity contribution < 1.29 is 4.39 Å². The van der Waals surface area contributed by atoms with Crippen molar-refractivity contribution in [1.82, 2.24) is 9.97 Å². The Morgan fingerprint density at radius 3 is 2.72 bits per heavy atom. The summed E-state index contributed by atoms with van der Waals surface area (Å²) in [6, 6.07) is 6.52. The largest absolute Gasteiger partial charge is 0.383 e. The molecule has 4 nitrogen and oxygen atoms in total. The highest BCUT2D eigenvalue weighted by molar-refractivity contribution is 7.98. The molecule has 0 fully saturated rings. The molecule has 0 saturated carbocycles. The minimum absolute atomic E-state index is 0.257. The number of rotatable bonds is 3. The van der Waals surface area contributed by atoms with Crippen molar-refractivity contribution in [3.8, 4) is 0 Å². The van der Waals surface area contributed by atoms with E-state index in [2.05, 4.69) is 15.3 Å². The van der Waals surface area contributed by atoms with Crippen LogP contribution in [-0.2, 0) is 0 Å². The number of nitrogen functional groups attached to an aromatic ring is 1. The Hall–Kier alpha value is -1.82. The summed E-state index contributed by atoms with van der Waals surface area (Å²) < 4.78 is 13.4. The van der Waals surface area contributed by atoms with Gasteiger partial charge in [-0.1, -0.05) is 17.8 Å². The molecule has 0 radical (unpaired) electrons. The minimum atomic E-state index is -0.257. The van der Waals surface area contributed by atoms with Crippen LogP contribution in [0.25, 0.3) is 0 Å². The van der Waals surface area contributed by atoms with E-state index in [-0.39, 0.29) is 5.82 Å². The number of anilines is 3. The first-order valence-corrected chi connectivity index (χ1v) is 6.52. The van der Waals surface area contributed by atoms with Gasteiger partial charge in [-0.2, -0.15) is 0 Å². The zero-order valence-electron chi connectivity index (χ0n) is 10.1. The van der Waals surface area contributed by atoms with Gasteiger partial charge in [-0.3, -0.25) is 0 Å². The first kappa shape index (κ1) is 12.6. The van der Waals surface area contributed by atoms with Gasteiger partial charge in [-0.15, -0.1) is 0 Å². The fraction of sp³-hybridized carbons (Fsp3) is 0.167. The molecule has 94 valence electrons. The maximum absolute atomic E-state index is 13.4. The summed E-state index contributed by atoms with van der Waals surface area (Å²) in [6.07, 6.45) is 1.87. The van der Waals surface area contributed by atoms with E-state index in [1.165, 1.54) is 17.8 Å². The van der Waals surface area contributed by atoms with E-state index < -0.39 is 0 Å². The first-order valence-electron chi connectivity index (χ1n) is 5.30. The van der Waals surface area contributed by atoms with Gasteiger partial charge < -0.3 is 11.1 Å². The highest BCUT2D eigenvalue weighted by Crippen LogP contribution is 2.21. The van der Waals surface area contributed by atoms with E-state index in [9.17, 15) is 4.39 Å². The van der Waals surface area contributed by atoms with E-state index in [4.69, 9.17) is 5.73 Å². The van der Waals surface area contributed by atoms with Crippen LogP contribution in [0.2, 0.25) is 0 Å². The molecule has 0 atom stereocenters. The molecule has 0 unspecified atom stereocenters. The Morgan fingerprint density at radius 1 is 1.28 bits per heavy atom. The SMILES string of the molecule is CSc1nc(N)cc(Nc2ccc(C)c(F)c2)n1. The Labute approximate surface area is 109 Å². The van der Waals surface area contributed by atoms with Crippen molar-refractivity contribution in [1.29, 1.82) is 0 Å². The van der Waals surface area contributed by atoms with Crippen LogP contribution < -0.4 is 11.1 Å². The molecule has 0 bridgehead atoms. The fourth-order valence-corrected chi connectivity index (χ4v) is 1.80. The van der Waals surface area contributed by atoms with Crippen LogP contribution in [0.1, 0.15) is 5.56 Å². The topological polar surface area (TPSA) is 63.8 Å². The summed E-state index contributed by atoms with van der Waals surface area (Å²) in [7, 11) is 0. The molecule has 0 spiro atoms. The third-order valence-electron chi connectivity index (χ3n) is 2.35. The van der Waals surface area contributed by atoms with Crippen molar-refractivity contribution >= 4 is 29.1 Å². The average Bonchev–Trinajstić information content (AvgIpc) is 2.33. The lowest BCUT2D eigenvalue weighted by Crippen LogP contribution is -2.00. The molecule has 2 rings (SSSR count). The molecular weight excluding hydrogens is 251 g/mol. The Kier molecular flexibility index (Phi) is 3.66. The number of aromatic nitrogens is 2. The molecule has 6 heteroatoms. The van der Waals surface area contributed by atoms with Gasteiger partial charge in [0, 0.05) is 11.8 Å². The number of halogens is 1. The summed E-state index contributed by atoms with van der Waals surface area (Å²) in [5.74, 6) is 0.673. The first-order chi connectivity index (χ1) is 8.58. The predicted molar refractivity (Wildman–Crippen MR) is 72.6 cm³/mol. The number of hydrogen-bond donors (Lipinski definition) is 2. The molecule has 0 amide bonds. The molecule has 0 saturated heterocycles. The van der Waals surface area contributed by atoms with Crippen LogP contribution in [0.4, 0.5) is 21.7 Å². The van der Waals surface area contributed by atoms with E-state index in [0.29, 0.717) is 28.0 Å². The van der Waals surface area contributed by atoms with E-state index in [0.717, 1.165) is 0 Å². The molecule has 18 heavy (non-hydrogen) atoms. The van der Waals surface area contributed by atoms with E-state index in [1.807, 2.05) is 6.26 Å². The van der Waals surface area contributed by atoms with E-state index >= 15 is 0 Å². The molecule has 0 aliphatic carbocycles. The maximum Gasteiger partial charge on any atom is 0.191 e. The molecule has 1 aromatic heterocycles. The number of benzene rings is 1. The smallest absolute Gasteiger partial charge is 0.191 e. The van der Waals surface area contributed by atoms with Crippen molar-refractivity contribution in [3.05, 3.63) is 35.6 Å². The predicted octanol–water partition coefficient (Wildman–Crippen LogP) is 2.97. The molecule has 0 aliphatic rings. The lowest BCUT2D eigenvalue weighted by Gasteiger charge is -2.08. The summed E-state index contributed by atoms with van der Waals surface area (Å²) in [4.78, 5) is 8.28. The zero-order chi connectivity index (χ0) is 13.1. The van der Waals surface area contributed by atoms with E-state index in [1.54, 1.807) is 25.1 Å². The minimum Gasteiger partial charge on any atom is -0.383 e. The number of nitrogens with two attached hydrogens (primary N) is 1. The Balaban J connectivity index is 2.27. The van der Waals surface area contributed by atoms with Gasteiger partial charge in [0.15, 0.2) is 5.16 Å². The summed E-state index contributed by atoms with van der Waals surface area (Å²) in [5.41, 5.74) is 6.90. The van der Waals surface area contributed by atoms with Gasteiger partial charge in [0.05, 0.1) is 0 Å². The number of hydrogen-bond acceptors (Lipinski definition) is 5. The monoisotopic (exact) mass is 264 g/mol. The lowest BCUT2D eigenvalue weighted by molar-refractivity contribution is 0.619. The number of thioether (sulfide) groups is 1. The molecule has 2 aromatic rings. The number of nitrogens with one attached hydrogen (secondary N) is 1. The summed E-state index contributed by atoms with van der Waals surface area (Å²) in [6.45, 7) is 1.72. The average molecular weight is 264 g/mol. The Bertz CT molecular complexity index is 574. The lowest BCUT2D eigenvalue weighted by atomic mass is 10.2. The van der Waals surface area contributed by atoms with Crippen LogP contribution >= 0.6 is 11.8 Å². The van der Waals surface area contributed by atoms with Gasteiger partial charge in [0.2, 0.25) is 0 Å². The van der Waals surface area contributed by atoms with Crippen molar-refractivity contribution in [2.75, 3.05) is 17.3 Å². The number of nitrogens with zero attached hydrogens (tertiary/aromatic N) is 2. The van der Waals surface area contributed by atoms with Gasteiger partial charge >= 0.3 is 0 Å². The fourth-order valence-electron chi connectivity index (χ4n) is 1.42. The second-order valence-electron chi connectivity index (χ2n) is 3.75. The quantitative estimate of drug-likeness (QED) is 0.659. The van der Waals surface area contributed by atoms with Crippen LogP contribution in [0.15, 0.2) is 29.4 Å². The molecular formula is C12H13FN4S. The molecule has 0 aliphatic heterocycles. The normalized spacial score (nSPS) is 10.4. The third kappa shape index (κ3) is 2.89. The van der Waals surface area contributed by atoms with Crippen molar-refractivity contribution in [2.24, 2.45) is 0 Å². The van der Waals surface area contributed by atoms with Gasteiger partial charge in [0.25, 0.3) is 0 Å². The van der Waals surface area contributed by atoms with Gasteiger partial charge in [-0.05, 0) is 30.9 Å². The number of aryl methyl sites for hydroxylation is 1. The van der Waals surface area contributed by atoms with Crippen molar-refractivity contribution in [2.45, 2.75) is 12.1 Å². The molecule has 3 N–H and O–H groups in total. The second kappa shape index (κ2) is 5.22. The third-order valence-corrected chi connectivity index (χ3v) is 2.90. The molecule has 1 heterocycles. The summed E-state index contributed by atoms with van der Waals surface area (Å²) >= 11 is 1.40. The van der Waals surface area contributed by atoms with Gasteiger partial charge in [0.1, 0.15) is 17.5 Å². The van der Waals surface area contributed by atoms with Crippen LogP contribution in [0.3, 0.4) is 0 Å². The highest BCUT2D eigenvalue weighted by Gasteiger charge is 2.04. The maximum atomic E-state index is 13.4.